The number of rotatable bonds is 2. The maximum atomic E-state index is 12.0. The molecular weight excluding hydrogens is 264 g/mol. The smallest absolute Gasteiger partial charge is 0.410 e. The first-order chi connectivity index (χ1) is 9.94. The third-order valence-corrected chi connectivity index (χ3v) is 4.17. The molecule has 2 rings (SSSR count). The Hall–Kier alpha value is -1.19. The summed E-state index contributed by atoms with van der Waals surface area (Å²) in [6.07, 6.45) is 10.6. The first-order valence-electron chi connectivity index (χ1n) is 8.36. The van der Waals surface area contributed by atoms with Gasteiger partial charge in [-0.25, -0.2) is 4.79 Å². The SMILES string of the molecule is CC(C)(C)OC(=O)N1CCC(NC=C2CCCCC2)CC1. The Bertz CT molecular complexity index is 369. The van der Waals surface area contributed by atoms with Crippen LogP contribution in [0.25, 0.3) is 0 Å². The van der Waals surface area contributed by atoms with Gasteiger partial charge in [0.15, 0.2) is 0 Å². The van der Waals surface area contributed by atoms with Crippen LogP contribution < -0.4 is 5.32 Å². The van der Waals surface area contributed by atoms with Crippen LogP contribution in [0.2, 0.25) is 0 Å². The molecule has 21 heavy (non-hydrogen) atoms. The fraction of sp³-hybridized carbons (Fsp3) is 0.824. The molecule has 4 heteroatoms. The Labute approximate surface area is 128 Å². The van der Waals surface area contributed by atoms with Gasteiger partial charge in [0.1, 0.15) is 5.60 Å². The molecule has 0 aromatic carbocycles. The highest BCUT2D eigenvalue weighted by molar-refractivity contribution is 5.68. The second kappa shape index (κ2) is 7.19. The number of ether oxygens (including phenoxy) is 1. The Morgan fingerprint density at radius 2 is 1.81 bits per heavy atom. The number of likely N-dealkylation sites (tertiary alicyclic amines) is 1. The van der Waals surface area contributed by atoms with Crippen molar-refractivity contribution in [3.63, 3.8) is 0 Å². The number of nitrogens with zero attached hydrogens (tertiary/aromatic N) is 1. The second-order valence-electron chi connectivity index (χ2n) is 7.27. The van der Waals surface area contributed by atoms with E-state index in [9.17, 15) is 4.79 Å². The molecule has 1 heterocycles. The summed E-state index contributed by atoms with van der Waals surface area (Å²) < 4.78 is 5.42. The Kier molecular flexibility index (Phi) is 5.54. The van der Waals surface area contributed by atoms with Crippen LogP contribution in [0.3, 0.4) is 0 Å². The van der Waals surface area contributed by atoms with Crippen LogP contribution in [-0.4, -0.2) is 35.7 Å². The molecule has 1 amide bonds. The summed E-state index contributed by atoms with van der Waals surface area (Å²) in [4.78, 5) is 13.8. The molecule has 0 aromatic rings. The molecular formula is C17H30N2O2. The number of carbonyl (C=O) groups is 1. The van der Waals surface area contributed by atoms with Gasteiger partial charge >= 0.3 is 6.09 Å². The number of hydrogen-bond acceptors (Lipinski definition) is 3. The van der Waals surface area contributed by atoms with Gasteiger partial charge in [-0.3, -0.25) is 0 Å². The monoisotopic (exact) mass is 294 g/mol. The van der Waals surface area contributed by atoms with Crippen molar-refractivity contribution in [1.29, 1.82) is 0 Å². The fourth-order valence-electron chi connectivity index (χ4n) is 2.94. The molecule has 1 saturated heterocycles. The van der Waals surface area contributed by atoms with Gasteiger partial charge < -0.3 is 15.0 Å². The van der Waals surface area contributed by atoms with Crippen molar-refractivity contribution >= 4 is 6.09 Å². The lowest BCUT2D eigenvalue weighted by Gasteiger charge is -2.33. The molecule has 2 fully saturated rings. The zero-order chi connectivity index (χ0) is 15.3. The number of carbonyl (C=O) groups excluding carboxylic acids is 1. The van der Waals surface area contributed by atoms with E-state index in [1.807, 2.05) is 25.7 Å². The lowest BCUT2D eigenvalue weighted by molar-refractivity contribution is 0.0201. The van der Waals surface area contributed by atoms with Crippen molar-refractivity contribution in [3.8, 4) is 0 Å². The van der Waals surface area contributed by atoms with Gasteiger partial charge in [0.2, 0.25) is 0 Å². The minimum atomic E-state index is -0.405. The Morgan fingerprint density at radius 3 is 2.38 bits per heavy atom. The highest BCUT2D eigenvalue weighted by atomic mass is 16.6. The van der Waals surface area contributed by atoms with Crippen LogP contribution in [0.1, 0.15) is 65.7 Å². The molecule has 0 radical (unpaired) electrons. The van der Waals surface area contributed by atoms with E-state index in [2.05, 4.69) is 11.5 Å². The molecule has 2 aliphatic rings. The second-order valence-corrected chi connectivity index (χ2v) is 7.27. The van der Waals surface area contributed by atoms with E-state index in [1.54, 1.807) is 5.57 Å². The zero-order valence-electron chi connectivity index (χ0n) is 13.8. The zero-order valence-corrected chi connectivity index (χ0v) is 13.8. The normalized spacial score (nSPS) is 21.1. The van der Waals surface area contributed by atoms with Crippen molar-refractivity contribution in [2.75, 3.05) is 13.1 Å². The van der Waals surface area contributed by atoms with Gasteiger partial charge in [0.05, 0.1) is 0 Å². The molecule has 1 aliphatic carbocycles. The third kappa shape index (κ3) is 5.60. The van der Waals surface area contributed by atoms with Crippen LogP contribution in [0.15, 0.2) is 11.8 Å². The van der Waals surface area contributed by atoms with Gasteiger partial charge in [-0.15, -0.1) is 0 Å². The number of nitrogens with one attached hydrogen (secondary N) is 1. The molecule has 0 aromatic heterocycles. The minimum absolute atomic E-state index is 0.174. The van der Waals surface area contributed by atoms with Gasteiger partial charge in [-0.2, -0.15) is 0 Å². The summed E-state index contributed by atoms with van der Waals surface area (Å²) in [5.41, 5.74) is 1.16. The van der Waals surface area contributed by atoms with E-state index >= 15 is 0 Å². The topological polar surface area (TPSA) is 41.6 Å². The highest BCUT2D eigenvalue weighted by Gasteiger charge is 2.26. The third-order valence-electron chi connectivity index (χ3n) is 4.17. The largest absolute Gasteiger partial charge is 0.444 e. The maximum Gasteiger partial charge on any atom is 0.410 e. The Balaban J connectivity index is 1.71. The first kappa shape index (κ1) is 16.2. The first-order valence-corrected chi connectivity index (χ1v) is 8.36. The summed E-state index contributed by atoms with van der Waals surface area (Å²) in [5, 5.41) is 3.56. The van der Waals surface area contributed by atoms with Crippen LogP contribution in [0.5, 0.6) is 0 Å². The van der Waals surface area contributed by atoms with Crippen molar-refractivity contribution < 1.29 is 9.53 Å². The predicted molar refractivity (Wildman–Crippen MR) is 85.1 cm³/mol. The number of allylic oxidation sites excluding steroid dienone is 1. The summed E-state index contributed by atoms with van der Waals surface area (Å²) in [7, 11) is 0. The molecule has 1 N–H and O–H groups in total. The predicted octanol–water partition coefficient (Wildman–Crippen LogP) is 3.82. The molecule has 0 bridgehead atoms. The molecule has 1 saturated carbocycles. The number of hydrogen-bond donors (Lipinski definition) is 1. The van der Waals surface area contributed by atoms with Gasteiger partial charge in [-0.05, 0) is 65.5 Å². The standard InChI is InChI=1S/C17H30N2O2/c1-17(2,3)21-16(20)19-11-9-15(10-12-19)18-13-14-7-5-4-6-8-14/h13,15,18H,4-12H2,1-3H3. The summed E-state index contributed by atoms with van der Waals surface area (Å²) in [6, 6.07) is 0.498. The van der Waals surface area contributed by atoms with Crippen molar-refractivity contribution in [2.45, 2.75) is 77.4 Å². The van der Waals surface area contributed by atoms with Gasteiger partial charge in [0, 0.05) is 19.1 Å². The average Bonchev–Trinajstić information content (AvgIpc) is 2.45. The summed E-state index contributed by atoms with van der Waals surface area (Å²) >= 11 is 0. The summed E-state index contributed by atoms with van der Waals surface area (Å²) in [6.45, 7) is 7.31. The van der Waals surface area contributed by atoms with E-state index in [-0.39, 0.29) is 6.09 Å². The van der Waals surface area contributed by atoms with E-state index in [0.29, 0.717) is 6.04 Å². The van der Waals surface area contributed by atoms with Gasteiger partial charge in [-0.1, -0.05) is 12.0 Å². The van der Waals surface area contributed by atoms with E-state index < -0.39 is 5.60 Å². The van der Waals surface area contributed by atoms with Crippen molar-refractivity contribution in [1.82, 2.24) is 10.2 Å². The molecule has 0 atom stereocenters. The van der Waals surface area contributed by atoms with E-state index in [4.69, 9.17) is 4.74 Å². The number of amides is 1. The molecule has 4 nitrogen and oxygen atoms in total. The highest BCUT2D eigenvalue weighted by Crippen LogP contribution is 2.22. The maximum absolute atomic E-state index is 12.0. The number of piperidine rings is 1. The van der Waals surface area contributed by atoms with Crippen molar-refractivity contribution in [3.05, 3.63) is 11.8 Å². The average molecular weight is 294 g/mol. The minimum Gasteiger partial charge on any atom is -0.444 e. The van der Waals surface area contributed by atoms with E-state index in [0.717, 1.165) is 25.9 Å². The Morgan fingerprint density at radius 1 is 1.19 bits per heavy atom. The molecule has 0 spiro atoms. The lowest BCUT2D eigenvalue weighted by Crippen LogP contribution is -2.45. The van der Waals surface area contributed by atoms with E-state index in [1.165, 1.54) is 32.1 Å². The van der Waals surface area contributed by atoms with Gasteiger partial charge in [0.25, 0.3) is 0 Å². The lowest BCUT2D eigenvalue weighted by atomic mass is 9.95. The quantitative estimate of drug-likeness (QED) is 0.841. The van der Waals surface area contributed by atoms with Crippen LogP contribution in [0.4, 0.5) is 4.79 Å². The van der Waals surface area contributed by atoms with Crippen LogP contribution >= 0.6 is 0 Å². The summed E-state index contributed by atoms with van der Waals surface area (Å²) in [5.74, 6) is 0. The fourth-order valence-corrected chi connectivity index (χ4v) is 2.94. The van der Waals surface area contributed by atoms with Crippen molar-refractivity contribution in [2.24, 2.45) is 0 Å². The van der Waals surface area contributed by atoms with Crippen LogP contribution in [0, 0.1) is 0 Å². The molecule has 120 valence electrons. The molecule has 1 aliphatic heterocycles. The molecule has 0 unspecified atom stereocenters. The van der Waals surface area contributed by atoms with Crippen LogP contribution in [-0.2, 0) is 4.74 Å².